The molecule has 0 amide bonds. The Kier molecular flexibility index (Phi) is 3.84. The van der Waals surface area contributed by atoms with Gasteiger partial charge in [0, 0.05) is 0 Å². The Balaban J connectivity index is 6.09. The van der Waals surface area contributed by atoms with Crippen LogP contribution in [0.25, 0.3) is 0 Å². The molecule has 3 nitrogen and oxygen atoms in total. The zero-order valence-corrected chi connectivity index (χ0v) is 7.58. The average Bonchev–Trinajstić information content (AvgIpc) is 1.94. The Morgan fingerprint density at radius 1 is 0.778 bits per heavy atom. The highest BCUT2D eigenvalue weighted by Crippen LogP contribution is 2.48. The van der Waals surface area contributed by atoms with E-state index in [-0.39, 0.29) is 0 Å². The first-order chi connectivity index (χ1) is 7.56. The zero-order valence-electron chi connectivity index (χ0n) is 7.58. The van der Waals surface area contributed by atoms with Crippen molar-refractivity contribution < 1.29 is 53.8 Å². The smallest absolute Gasteiger partial charge is 0.470 e. The van der Waals surface area contributed by atoms with Crippen LogP contribution in [0.5, 0.6) is 0 Å². The van der Waals surface area contributed by atoms with E-state index < -0.39 is 35.4 Å². The van der Waals surface area contributed by atoms with E-state index >= 15 is 0 Å². The third-order valence-electron chi connectivity index (χ3n) is 1.47. The molecular weight excluding hydrogens is 296 g/mol. The fourth-order valence-corrected chi connectivity index (χ4v) is 0.837. The Morgan fingerprint density at radius 2 is 1.06 bits per heavy atom. The van der Waals surface area contributed by atoms with Crippen LogP contribution in [0.3, 0.4) is 0 Å². The molecule has 0 aromatic heterocycles. The van der Waals surface area contributed by atoms with Gasteiger partial charge in [0.2, 0.25) is 0 Å². The summed E-state index contributed by atoms with van der Waals surface area (Å²) in [6.07, 6.45) is -20.9. The van der Waals surface area contributed by atoms with E-state index in [0.717, 1.165) is 0 Å². The lowest BCUT2D eigenvalue weighted by atomic mass is 10.2. The normalized spacial score (nSPS) is 17.7. The number of halogens is 10. The van der Waals surface area contributed by atoms with Crippen molar-refractivity contribution in [3.8, 4) is 0 Å². The largest absolute Gasteiger partial charge is 0.478 e. The lowest BCUT2D eigenvalue weighted by Crippen LogP contribution is -2.69. The van der Waals surface area contributed by atoms with Gasteiger partial charge in [-0.3, -0.25) is 0 Å². The summed E-state index contributed by atoms with van der Waals surface area (Å²) >= 11 is 0. The van der Waals surface area contributed by atoms with Crippen LogP contribution in [-0.4, -0.2) is 40.5 Å². The highest BCUT2D eigenvalue weighted by molar-refractivity contribution is 5.78. The van der Waals surface area contributed by atoms with Crippen molar-refractivity contribution in [2.24, 2.45) is 0 Å². The van der Waals surface area contributed by atoms with Gasteiger partial charge in [-0.05, 0) is 0 Å². The second-order valence-electron chi connectivity index (χ2n) is 2.70. The van der Waals surface area contributed by atoms with Gasteiger partial charge in [-0.1, -0.05) is 4.90 Å². The molecule has 0 aromatic rings. The van der Waals surface area contributed by atoms with Crippen LogP contribution in [-0.2, 0) is 4.79 Å². The summed E-state index contributed by atoms with van der Waals surface area (Å²) in [4.78, 5) is 6.19. The summed E-state index contributed by atoms with van der Waals surface area (Å²) in [5.74, 6) is -10.7. The Morgan fingerprint density at radius 3 is 1.11 bits per heavy atom. The van der Waals surface area contributed by atoms with Crippen LogP contribution in [0.2, 0.25) is 0 Å². The molecule has 18 heavy (non-hydrogen) atoms. The van der Waals surface area contributed by atoms with Gasteiger partial charge in [-0.15, -0.1) is 0 Å². The maximum absolute atomic E-state index is 12.8. The number of alkyl halides is 10. The van der Waals surface area contributed by atoms with E-state index in [1.54, 1.807) is 0 Å². The van der Waals surface area contributed by atoms with Crippen molar-refractivity contribution in [1.82, 2.24) is 4.90 Å². The predicted octanol–water partition coefficient (Wildman–Crippen LogP) is 2.64. The van der Waals surface area contributed by atoms with E-state index in [2.05, 4.69) is 0 Å². The molecule has 0 saturated carbocycles. The summed E-state index contributed by atoms with van der Waals surface area (Å²) in [6.45, 7) is 0. The van der Waals surface area contributed by atoms with Crippen molar-refractivity contribution in [3.63, 3.8) is 0 Å². The molecule has 108 valence electrons. The molecule has 0 spiro atoms. The first-order valence-corrected chi connectivity index (χ1v) is 3.49. The molecule has 0 rings (SSSR count). The number of carboxylic acid groups (broad SMARTS) is 1. The van der Waals surface area contributed by atoms with Crippen molar-refractivity contribution >= 4 is 5.97 Å². The Hall–Kier alpha value is -1.27. The van der Waals surface area contributed by atoms with Crippen LogP contribution < -0.4 is 0 Å². The zero-order chi connectivity index (χ0) is 15.2. The minimum atomic E-state index is -6.97. The molecule has 0 fully saturated rings. The van der Waals surface area contributed by atoms with Crippen molar-refractivity contribution in [2.75, 3.05) is 0 Å². The number of rotatable bonds is 2. The summed E-state index contributed by atoms with van der Waals surface area (Å²) in [5.41, 5.74) is 0. The third kappa shape index (κ3) is 2.76. The fraction of sp³-hybridized carbons (Fsp3) is 0.800. The first-order valence-electron chi connectivity index (χ1n) is 3.49. The second-order valence-corrected chi connectivity index (χ2v) is 2.70. The van der Waals surface area contributed by atoms with Crippen LogP contribution >= 0.6 is 0 Å². The minimum Gasteiger partial charge on any atom is -0.478 e. The third-order valence-corrected chi connectivity index (χ3v) is 1.47. The molecule has 1 atom stereocenters. The van der Waals surface area contributed by atoms with Crippen molar-refractivity contribution in [3.05, 3.63) is 0 Å². The first kappa shape index (κ1) is 16.7. The van der Waals surface area contributed by atoms with Gasteiger partial charge in [-0.2, -0.15) is 39.5 Å². The second kappa shape index (κ2) is 4.13. The van der Waals surface area contributed by atoms with Gasteiger partial charge in [0.1, 0.15) is 0 Å². The van der Waals surface area contributed by atoms with E-state index in [1.165, 1.54) is 0 Å². The van der Waals surface area contributed by atoms with E-state index in [9.17, 15) is 48.7 Å². The molecule has 0 unspecified atom stereocenters. The topological polar surface area (TPSA) is 40.5 Å². The predicted molar refractivity (Wildman–Crippen MR) is 31.5 cm³/mol. The highest BCUT2D eigenvalue weighted by atomic mass is 19.4. The number of hydrogen-bond acceptors (Lipinski definition) is 2. The molecule has 0 bridgehead atoms. The number of carbonyl (C=O) groups is 1. The van der Waals surface area contributed by atoms with Gasteiger partial charge in [0.05, 0.1) is 0 Å². The number of carboxylic acids is 1. The Bertz CT molecular complexity index is 315. The van der Waals surface area contributed by atoms with Gasteiger partial charge in [-0.25, -0.2) is 9.18 Å². The van der Waals surface area contributed by atoms with E-state index in [1.807, 2.05) is 0 Å². The van der Waals surface area contributed by atoms with Crippen LogP contribution in [0.1, 0.15) is 0 Å². The molecular formula is C5HF10NO2. The standard InChI is InChI=1S/C5HF10NO2/c6-2(1(17)18,3(7,8)9)16(4(10,11)12)5(13,14)15/h(H,17,18)/t2-/m0/s1. The molecule has 0 radical (unpaired) electrons. The van der Waals surface area contributed by atoms with Gasteiger partial charge in [0.25, 0.3) is 0 Å². The number of aliphatic carboxylic acids is 1. The van der Waals surface area contributed by atoms with Gasteiger partial charge in [0.15, 0.2) is 0 Å². The molecule has 0 aliphatic carbocycles. The van der Waals surface area contributed by atoms with Crippen molar-refractivity contribution in [2.45, 2.75) is 24.6 Å². The lowest BCUT2D eigenvalue weighted by Gasteiger charge is -2.36. The van der Waals surface area contributed by atoms with E-state index in [4.69, 9.17) is 5.11 Å². The van der Waals surface area contributed by atoms with Crippen LogP contribution in [0, 0.1) is 0 Å². The summed E-state index contributed by atoms with van der Waals surface area (Å²) in [7, 11) is 0. The van der Waals surface area contributed by atoms with Gasteiger partial charge < -0.3 is 5.11 Å². The monoisotopic (exact) mass is 297 g/mol. The lowest BCUT2D eigenvalue weighted by molar-refractivity contribution is -0.446. The SMILES string of the molecule is O=C(O)[C@](F)(N(C(F)(F)F)C(F)(F)F)C(F)(F)F. The molecule has 0 saturated heterocycles. The fourth-order valence-electron chi connectivity index (χ4n) is 0.837. The summed E-state index contributed by atoms with van der Waals surface area (Å²) in [5, 5.41) is 7.73. The quantitative estimate of drug-likeness (QED) is 0.629. The molecule has 0 aliphatic heterocycles. The average molecular weight is 297 g/mol. The molecule has 0 heterocycles. The molecule has 0 aromatic carbocycles. The molecule has 1 N–H and O–H groups in total. The van der Waals surface area contributed by atoms with Crippen LogP contribution in [0.4, 0.5) is 43.9 Å². The maximum atomic E-state index is 12.8. The number of hydrogen-bond donors (Lipinski definition) is 1. The maximum Gasteiger partial charge on any atom is 0.470 e. The van der Waals surface area contributed by atoms with E-state index in [0.29, 0.717) is 0 Å². The van der Waals surface area contributed by atoms with Crippen LogP contribution in [0.15, 0.2) is 0 Å². The summed E-state index contributed by atoms with van der Waals surface area (Å²) in [6, 6.07) is 0. The van der Waals surface area contributed by atoms with Crippen molar-refractivity contribution in [1.29, 1.82) is 0 Å². The summed E-state index contributed by atoms with van der Waals surface area (Å²) < 4.78 is 119. The van der Waals surface area contributed by atoms with Gasteiger partial charge >= 0.3 is 30.5 Å². The molecule has 13 heteroatoms. The molecule has 0 aliphatic rings. The number of nitrogens with zero attached hydrogens (tertiary/aromatic N) is 1. The Labute approximate surface area is 90.6 Å². The minimum absolute atomic E-state index is 3.67. The highest BCUT2D eigenvalue weighted by Gasteiger charge is 2.78.